The van der Waals surface area contributed by atoms with Crippen molar-refractivity contribution in [1.82, 2.24) is 15.0 Å². The highest BCUT2D eigenvalue weighted by atomic mass is 16.5. The van der Waals surface area contributed by atoms with Crippen molar-refractivity contribution in [1.29, 1.82) is 0 Å². The lowest BCUT2D eigenvalue weighted by atomic mass is 10.2. The Bertz CT molecular complexity index is 1060. The molecule has 30 heavy (non-hydrogen) atoms. The standard InChI is InChI=1S/C23H28N4O3/c1-5-7-12-30-21-11-8-17(13-22(21)29-4)15-24-26-23(28)18-9-10-20-19(14-18)25-16(3)27(20)6-2/h8-11,13-15H,5-7,12H2,1-4H3,(H,26,28)/b24-15-. The summed E-state index contributed by atoms with van der Waals surface area (Å²) >= 11 is 0. The number of amides is 1. The van der Waals surface area contributed by atoms with E-state index in [1.807, 2.05) is 31.2 Å². The lowest BCUT2D eigenvalue weighted by Gasteiger charge is -2.10. The number of fused-ring (bicyclic) bond motifs is 1. The second-order valence-corrected chi connectivity index (χ2v) is 6.92. The Morgan fingerprint density at radius 1 is 1.20 bits per heavy atom. The van der Waals surface area contributed by atoms with Crippen LogP contribution in [0.1, 0.15) is 48.4 Å². The Labute approximate surface area is 176 Å². The van der Waals surface area contributed by atoms with Crippen molar-refractivity contribution in [2.75, 3.05) is 13.7 Å². The summed E-state index contributed by atoms with van der Waals surface area (Å²) in [6, 6.07) is 11.0. The third kappa shape index (κ3) is 4.79. The van der Waals surface area contributed by atoms with Crippen molar-refractivity contribution >= 4 is 23.2 Å². The smallest absolute Gasteiger partial charge is 0.271 e. The van der Waals surface area contributed by atoms with Gasteiger partial charge in [0, 0.05) is 12.1 Å². The number of hydrazone groups is 1. The van der Waals surface area contributed by atoms with Crippen LogP contribution in [0.4, 0.5) is 0 Å². The molecule has 0 aliphatic heterocycles. The first kappa shape index (κ1) is 21.4. The molecule has 7 heteroatoms. The van der Waals surface area contributed by atoms with Gasteiger partial charge in [-0.2, -0.15) is 5.10 Å². The summed E-state index contributed by atoms with van der Waals surface area (Å²) in [5.41, 5.74) is 5.69. The number of ether oxygens (including phenoxy) is 2. The number of hydrogen-bond acceptors (Lipinski definition) is 5. The Kier molecular flexibility index (Phi) is 7.06. The molecule has 1 N–H and O–H groups in total. The highest BCUT2D eigenvalue weighted by Crippen LogP contribution is 2.27. The molecule has 0 saturated carbocycles. The van der Waals surface area contributed by atoms with E-state index in [1.165, 1.54) is 0 Å². The van der Waals surface area contributed by atoms with Gasteiger partial charge in [0.2, 0.25) is 0 Å². The molecule has 0 unspecified atom stereocenters. The van der Waals surface area contributed by atoms with Crippen LogP contribution in [0.25, 0.3) is 11.0 Å². The Morgan fingerprint density at radius 3 is 2.77 bits per heavy atom. The molecule has 0 aliphatic rings. The van der Waals surface area contributed by atoms with E-state index < -0.39 is 0 Å². The molecule has 3 rings (SSSR count). The van der Waals surface area contributed by atoms with Crippen LogP contribution in [0.3, 0.4) is 0 Å². The van der Waals surface area contributed by atoms with Crippen LogP contribution in [0.15, 0.2) is 41.5 Å². The molecule has 1 amide bonds. The molecular formula is C23H28N4O3. The topological polar surface area (TPSA) is 77.7 Å². The van der Waals surface area contributed by atoms with Crippen LogP contribution >= 0.6 is 0 Å². The van der Waals surface area contributed by atoms with Crippen molar-refractivity contribution in [3.63, 3.8) is 0 Å². The van der Waals surface area contributed by atoms with Crippen molar-refractivity contribution < 1.29 is 14.3 Å². The zero-order chi connectivity index (χ0) is 21.5. The SMILES string of the molecule is CCCCOc1ccc(/C=N\NC(=O)c2ccc3c(c2)nc(C)n3CC)cc1OC. The van der Waals surface area contributed by atoms with E-state index in [9.17, 15) is 4.79 Å². The van der Waals surface area contributed by atoms with E-state index in [4.69, 9.17) is 9.47 Å². The van der Waals surface area contributed by atoms with E-state index >= 15 is 0 Å². The maximum atomic E-state index is 12.5. The molecule has 0 atom stereocenters. The van der Waals surface area contributed by atoms with E-state index in [-0.39, 0.29) is 5.91 Å². The minimum atomic E-state index is -0.289. The van der Waals surface area contributed by atoms with Crippen molar-refractivity contribution in [2.45, 2.75) is 40.2 Å². The van der Waals surface area contributed by atoms with Gasteiger partial charge in [0.1, 0.15) is 5.82 Å². The molecule has 0 saturated heterocycles. The second kappa shape index (κ2) is 9.91. The lowest BCUT2D eigenvalue weighted by molar-refractivity contribution is 0.0955. The zero-order valence-corrected chi connectivity index (χ0v) is 17.9. The summed E-state index contributed by atoms with van der Waals surface area (Å²) in [5.74, 6) is 1.97. The number of methoxy groups -OCH3 is 1. The average Bonchev–Trinajstić information content (AvgIpc) is 3.08. The van der Waals surface area contributed by atoms with Gasteiger partial charge in [-0.05, 0) is 62.2 Å². The summed E-state index contributed by atoms with van der Waals surface area (Å²) in [6.07, 6.45) is 3.63. The fraction of sp³-hybridized carbons (Fsp3) is 0.348. The van der Waals surface area contributed by atoms with Gasteiger partial charge in [-0.25, -0.2) is 10.4 Å². The average molecular weight is 409 g/mol. The second-order valence-electron chi connectivity index (χ2n) is 6.92. The van der Waals surface area contributed by atoms with E-state index in [0.29, 0.717) is 23.7 Å². The van der Waals surface area contributed by atoms with Crippen LogP contribution in [0.5, 0.6) is 11.5 Å². The van der Waals surface area contributed by atoms with Crippen LogP contribution in [0, 0.1) is 6.92 Å². The molecule has 0 spiro atoms. The Hall–Kier alpha value is -3.35. The molecular weight excluding hydrogens is 380 g/mol. The molecule has 2 aromatic carbocycles. The maximum Gasteiger partial charge on any atom is 0.271 e. The fourth-order valence-corrected chi connectivity index (χ4v) is 3.23. The van der Waals surface area contributed by atoms with Crippen LogP contribution < -0.4 is 14.9 Å². The van der Waals surface area contributed by atoms with Gasteiger partial charge >= 0.3 is 0 Å². The summed E-state index contributed by atoms with van der Waals surface area (Å²) in [6.45, 7) is 7.64. The maximum absolute atomic E-state index is 12.5. The minimum absolute atomic E-state index is 0.289. The third-order valence-electron chi connectivity index (χ3n) is 4.84. The van der Waals surface area contributed by atoms with Gasteiger partial charge in [0.15, 0.2) is 11.5 Å². The van der Waals surface area contributed by atoms with Crippen LogP contribution in [0.2, 0.25) is 0 Å². The number of rotatable bonds is 9. The minimum Gasteiger partial charge on any atom is -0.493 e. The molecule has 3 aromatic rings. The van der Waals surface area contributed by atoms with E-state index in [0.717, 1.165) is 41.8 Å². The van der Waals surface area contributed by atoms with Crippen LogP contribution in [-0.2, 0) is 6.54 Å². The highest BCUT2D eigenvalue weighted by Gasteiger charge is 2.10. The zero-order valence-electron chi connectivity index (χ0n) is 17.9. The highest BCUT2D eigenvalue weighted by molar-refractivity contribution is 5.98. The monoisotopic (exact) mass is 408 g/mol. The number of carbonyl (C=O) groups excluding carboxylic acids is 1. The van der Waals surface area contributed by atoms with Gasteiger partial charge in [-0.15, -0.1) is 0 Å². The number of imidazole rings is 1. The van der Waals surface area contributed by atoms with Crippen molar-refractivity contribution in [3.05, 3.63) is 53.3 Å². The third-order valence-corrected chi connectivity index (χ3v) is 4.84. The number of benzene rings is 2. The van der Waals surface area contributed by atoms with Gasteiger partial charge in [-0.3, -0.25) is 4.79 Å². The molecule has 158 valence electrons. The molecule has 1 heterocycles. The number of nitrogens with zero attached hydrogens (tertiary/aromatic N) is 3. The van der Waals surface area contributed by atoms with Gasteiger partial charge in [0.05, 0.1) is 31.0 Å². The summed E-state index contributed by atoms with van der Waals surface area (Å²) in [7, 11) is 1.60. The van der Waals surface area contributed by atoms with Gasteiger partial charge in [-0.1, -0.05) is 13.3 Å². The molecule has 7 nitrogen and oxygen atoms in total. The number of carbonyl (C=O) groups is 1. The van der Waals surface area contributed by atoms with Gasteiger partial charge < -0.3 is 14.0 Å². The fourth-order valence-electron chi connectivity index (χ4n) is 3.23. The van der Waals surface area contributed by atoms with Gasteiger partial charge in [0.25, 0.3) is 5.91 Å². The quantitative estimate of drug-likeness (QED) is 0.325. The van der Waals surface area contributed by atoms with Crippen molar-refractivity contribution in [2.24, 2.45) is 5.10 Å². The number of aryl methyl sites for hydroxylation is 2. The Morgan fingerprint density at radius 2 is 2.03 bits per heavy atom. The Balaban J connectivity index is 1.67. The number of aromatic nitrogens is 2. The number of nitrogens with one attached hydrogen (secondary N) is 1. The van der Waals surface area contributed by atoms with Crippen LogP contribution in [-0.4, -0.2) is 35.4 Å². The summed E-state index contributed by atoms with van der Waals surface area (Å²) in [5, 5.41) is 4.07. The number of hydrogen-bond donors (Lipinski definition) is 1. The largest absolute Gasteiger partial charge is 0.493 e. The molecule has 0 bridgehead atoms. The van der Waals surface area contributed by atoms with E-state index in [1.54, 1.807) is 25.5 Å². The normalized spacial score (nSPS) is 11.2. The molecule has 0 aliphatic carbocycles. The number of unbranched alkanes of at least 4 members (excludes halogenated alkanes) is 1. The predicted molar refractivity (Wildman–Crippen MR) is 119 cm³/mol. The summed E-state index contributed by atoms with van der Waals surface area (Å²) in [4.78, 5) is 17.0. The van der Waals surface area contributed by atoms with E-state index in [2.05, 4.69) is 33.9 Å². The first-order chi connectivity index (χ1) is 14.6. The van der Waals surface area contributed by atoms with Crippen molar-refractivity contribution in [3.8, 4) is 11.5 Å². The molecule has 1 aromatic heterocycles. The lowest BCUT2D eigenvalue weighted by Crippen LogP contribution is -2.17. The first-order valence-electron chi connectivity index (χ1n) is 10.2. The summed E-state index contributed by atoms with van der Waals surface area (Å²) < 4.78 is 13.2. The first-order valence-corrected chi connectivity index (χ1v) is 10.2. The molecule has 0 fully saturated rings. The molecule has 0 radical (unpaired) electrons. The predicted octanol–water partition coefficient (Wildman–Crippen LogP) is 4.32.